The summed E-state index contributed by atoms with van der Waals surface area (Å²) >= 11 is 3.40. The largest absolute Gasteiger partial charge is 0.480 e. The van der Waals surface area contributed by atoms with E-state index in [1.54, 1.807) is 0 Å². The van der Waals surface area contributed by atoms with Crippen LogP contribution in [0.15, 0.2) is 83.3 Å². The van der Waals surface area contributed by atoms with E-state index >= 15 is 0 Å². The quantitative estimate of drug-likeness (QED) is 0.414. The minimum atomic E-state index is -1.07. The van der Waals surface area contributed by atoms with Gasteiger partial charge < -0.3 is 10.4 Å². The van der Waals surface area contributed by atoms with Crippen molar-refractivity contribution in [2.24, 2.45) is 0 Å². The normalized spacial score (nSPS) is 12.0. The minimum absolute atomic E-state index is 0.198. The summed E-state index contributed by atoms with van der Waals surface area (Å²) in [5, 5.41) is 15.9. The Balaban J connectivity index is 1.74. The lowest BCUT2D eigenvalue weighted by molar-refractivity contribution is -0.139. The first-order valence-corrected chi connectivity index (χ1v) is 10.0. The number of nitrogens with one attached hydrogen (secondary N) is 1. The summed E-state index contributed by atoms with van der Waals surface area (Å²) in [5.74, 6) is -1.46. The van der Waals surface area contributed by atoms with E-state index in [9.17, 15) is 14.7 Å². The molecule has 0 bridgehead atoms. The fourth-order valence-electron chi connectivity index (χ4n) is 3.59. The third kappa shape index (κ3) is 4.00. The maximum atomic E-state index is 13.3. The molecule has 0 spiro atoms. The number of halogens is 1. The van der Waals surface area contributed by atoms with Gasteiger partial charge in [0.1, 0.15) is 6.04 Å². The smallest absolute Gasteiger partial charge is 0.326 e. The number of benzene rings is 4. The molecule has 4 aromatic carbocycles. The van der Waals surface area contributed by atoms with Gasteiger partial charge in [-0.2, -0.15) is 0 Å². The predicted octanol–water partition coefficient (Wildman–Crippen LogP) is 5.18. The molecule has 2 N–H and O–H groups in total. The number of aliphatic carboxylic acids is 1. The Morgan fingerprint density at radius 1 is 0.862 bits per heavy atom. The Hall–Kier alpha value is -3.18. The Kier molecular flexibility index (Phi) is 5.32. The first-order valence-electron chi connectivity index (χ1n) is 9.21. The van der Waals surface area contributed by atoms with Gasteiger partial charge >= 0.3 is 5.97 Å². The van der Waals surface area contributed by atoms with Crippen LogP contribution in [0.4, 0.5) is 0 Å². The van der Waals surface area contributed by atoms with Crippen molar-refractivity contribution in [2.45, 2.75) is 12.5 Å². The van der Waals surface area contributed by atoms with E-state index in [0.717, 1.165) is 31.6 Å². The number of carboxylic acid groups (broad SMARTS) is 1. The van der Waals surface area contributed by atoms with Crippen molar-refractivity contribution in [2.75, 3.05) is 0 Å². The number of rotatable bonds is 5. The van der Waals surface area contributed by atoms with Crippen molar-refractivity contribution in [3.05, 3.63) is 94.5 Å². The highest BCUT2D eigenvalue weighted by molar-refractivity contribution is 9.10. The molecular formula is C24H18BrNO3. The highest BCUT2D eigenvalue weighted by Gasteiger charge is 2.23. The summed E-state index contributed by atoms with van der Waals surface area (Å²) in [6.45, 7) is 0. The zero-order valence-corrected chi connectivity index (χ0v) is 17.0. The first kappa shape index (κ1) is 19.2. The van der Waals surface area contributed by atoms with Gasteiger partial charge in [-0.15, -0.1) is 0 Å². The second kappa shape index (κ2) is 8.05. The van der Waals surface area contributed by atoms with Gasteiger partial charge in [0.05, 0.1) is 5.56 Å². The van der Waals surface area contributed by atoms with Crippen LogP contribution in [0.1, 0.15) is 15.9 Å². The summed E-state index contributed by atoms with van der Waals surface area (Å²) in [6.07, 6.45) is 0.198. The molecule has 0 saturated carbocycles. The molecule has 29 heavy (non-hydrogen) atoms. The van der Waals surface area contributed by atoms with Gasteiger partial charge in [0.2, 0.25) is 0 Å². The number of carbonyl (C=O) groups excluding carboxylic acids is 1. The molecule has 5 heteroatoms. The van der Waals surface area contributed by atoms with Gasteiger partial charge in [-0.1, -0.05) is 76.6 Å². The van der Waals surface area contributed by atoms with Crippen LogP contribution < -0.4 is 5.32 Å². The van der Waals surface area contributed by atoms with E-state index in [1.807, 2.05) is 78.9 Å². The lowest BCUT2D eigenvalue weighted by Crippen LogP contribution is -2.42. The average Bonchev–Trinajstić information content (AvgIpc) is 2.71. The Bertz CT molecular complexity index is 1180. The van der Waals surface area contributed by atoms with E-state index in [2.05, 4.69) is 21.2 Å². The maximum Gasteiger partial charge on any atom is 0.326 e. The molecule has 0 aliphatic carbocycles. The standard InChI is InChI=1S/C24H18BrNO3/c25-18-9-5-6-15(12-18)13-21(24(28)29)26-23(27)22-19-10-3-1-7-16(19)14-17-8-2-4-11-20(17)22/h1-12,14,21H,13H2,(H,26,27)(H,28,29)/t21-/m0/s1. The molecule has 0 heterocycles. The fourth-order valence-corrected chi connectivity index (χ4v) is 4.04. The summed E-state index contributed by atoms with van der Waals surface area (Å²) in [7, 11) is 0. The van der Waals surface area contributed by atoms with Gasteiger partial charge in [-0.25, -0.2) is 4.79 Å². The van der Waals surface area contributed by atoms with Gasteiger partial charge in [-0.05, 0) is 45.3 Å². The number of carboxylic acids is 1. The van der Waals surface area contributed by atoms with Crippen LogP contribution in [0.2, 0.25) is 0 Å². The Morgan fingerprint density at radius 3 is 2.07 bits per heavy atom. The van der Waals surface area contributed by atoms with Crippen molar-refractivity contribution >= 4 is 49.4 Å². The summed E-state index contributed by atoms with van der Waals surface area (Å²) in [5.41, 5.74) is 1.33. The first-order chi connectivity index (χ1) is 14.0. The van der Waals surface area contributed by atoms with Crippen molar-refractivity contribution in [3.8, 4) is 0 Å². The molecule has 1 atom stereocenters. The zero-order valence-electron chi connectivity index (χ0n) is 15.4. The molecule has 0 aliphatic heterocycles. The molecule has 4 nitrogen and oxygen atoms in total. The molecule has 4 rings (SSSR count). The van der Waals surface area contributed by atoms with E-state index in [-0.39, 0.29) is 12.3 Å². The molecule has 1 amide bonds. The van der Waals surface area contributed by atoms with E-state index in [0.29, 0.717) is 5.56 Å². The summed E-state index contributed by atoms with van der Waals surface area (Å²) < 4.78 is 0.866. The monoisotopic (exact) mass is 447 g/mol. The zero-order chi connectivity index (χ0) is 20.4. The molecule has 0 fully saturated rings. The van der Waals surface area contributed by atoms with E-state index < -0.39 is 12.0 Å². The topological polar surface area (TPSA) is 66.4 Å². The van der Waals surface area contributed by atoms with Gasteiger partial charge in [-0.3, -0.25) is 4.79 Å². The van der Waals surface area contributed by atoms with Crippen LogP contribution in [0.25, 0.3) is 21.5 Å². The molecule has 0 saturated heterocycles. The van der Waals surface area contributed by atoms with Gasteiger partial charge in [0, 0.05) is 10.9 Å². The van der Waals surface area contributed by atoms with Crippen molar-refractivity contribution < 1.29 is 14.7 Å². The molecule has 0 radical (unpaired) electrons. The molecule has 0 aromatic heterocycles. The molecule has 4 aromatic rings. The number of hydrogen-bond donors (Lipinski definition) is 2. The van der Waals surface area contributed by atoms with Crippen molar-refractivity contribution in [1.29, 1.82) is 0 Å². The maximum absolute atomic E-state index is 13.3. The highest BCUT2D eigenvalue weighted by Crippen LogP contribution is 2.28. The van der Waals surface area contributed by atoms with Crippen molar-refractivity contribution in [1.82, 2.24) is 5.32 Å². The number of hydrogen-bond acceptors (Lipinski definition) is 2. The average molecular weight is 448 g/mol. The van der Waals surface area contributed by atoms with Crippen molar-refractivity contribution in [3.63, 3.8) is 0 Å². The fraction of sp³-hybridized carbons (Fsp3) is 0.0833. The number of fused-ring (bicyclic) bond motifs is 2. The van der Waals surface area contributed by atoms with Crippen LogP contribution in [0.5, 0.6) is 0 Å². The van der Waals surface area contributed by atoms with Gasteiger partial charge in [0.15, 0.2) is 0 Å². The third-order valence-corrected chi connectivity index (χ3v) is 5.42. The van der Waals surface area contributed by atoms with Crippen LogP contribution in [-0.4, -0.2) is 23.0 Å². The second-order valence-electron chi connectivity index (χ2n) is 6.89. The molecule has 144 valence electrons. The third-order valence-electron chi connectivity index (χ3n) is 4.93. The highest BCUT2D eigenvalue weighted by atomic mass is 79.9. The second-order valence-corrected chi connectivity index (χ2v) is 7.81. The number of amides is 1. The van der Waals surface area contributed by atoms with Crippen LogP contribution in [-0.2, 0) is 11.2 Å². The lowest BCUT2D eigenvalue weighted by atomic mass is 9.96. The van der Waals surface area contributed by atoms with E-state index in [1.165, 1.54) is 0 Å². The number of carbonyl (C=O) groups is 2. The predicted molar refractivity (Wildman–Crippen MR) is 118 cm³/mol. The van der Waals surface area contributed by atoms with E-state index in [4.69, 9.17) is 0 Å². The minimum Gasteiger partial charge on any atom is -0.480 e. The summed E-state index contributed by atoms with van der Waals surface area (Å²) in [6, 6.07) is 23.7. The molecule has 0 aliphatic rings. The lowest BCUT2D eigenvalue weighted by Gasteiger charge is -2.17. The molecule has 0 unspecified atom stereocenters. The Labute approximate surface area is 176 Å². The summed E-state index contributed by atoms with van der Waals surface area (Å²) in [4.78, 5) is 25.1. The van der Waals surface area contributed by atoms with Crippen LogP contribution >= 0.6 is 15.9 Å². The Morgan fingerprint density at radius 2 is 1.48 bits per heavy atom. The van der Waals surface area contributed by atoms with Crippen LogP contribution in [0, 0.1) is 0 Å². The van der Waals surface area contributed by atoms with Crippen LogP contribution in [0.3, 0.4) is 0 Å². The molecular weight excluding hydrogens is 430 g/mol. The van der Waals surface area contributed by atoms with Gasteiger partial charge in [0.25, 0.3) is 5.91 Å². The SMILES string of the molecule is O=C(N[C@@H](Cc1cccc(Br)c1)C(=O)O)c1c2ccccc2cc2ccccc12.